The highest BCUT2D eigenvalue weighted by Gasteiger charge is 2.14. The Morgan fingerprint density at radius 2 is 1.63 bits per heavy atom. The molecule has 140 valence electrons. The Hall–Kier alpha value is -2.70. The van der Waals surface area contributed by atoms with Crippen LogP contribution in [-0.2, 0) is 21.2 Å². The summed E-state index contributed by atoms with van der Waals surface area (Å²) in [6.07, 6.45) is 0.993. The number of hydrogen-bond donors (Lipinski definition) is 2. The maximum atomic E-state index is 12.4. The van der Waals surface area contributed by atoms with Gasteiger partial charge in [-0.2, -0.15) is 0 Å². The maximum absolute atomic E-state index is 12.4. The molecule has 3 aromatic rings. The minimum atomic E-state index is -3.66. The minimum Gasteiger partial charge on any atom is -0.326 e. The molecule has 0 unspecified atom stereocenters. The van der Waals surface area contributed by atoms with Gasteiger partial charge in [0.2, 0.25) is 15.9 Å². The number of aryl methyl sites for hydroxylation is 1. The Morgan fingerprint density at radius 3 is 2.33 bits per heavy atom. The number of sulfonamides is 1. The molecule has 0 saturated carbocycles. The predicted molar refractivity (Wildman–Crippen MR) is 108 cm³/mol. The fourth-order valence-corrected chi connectivity index (χ4v) is 3.83. The van der Waals surface area contributed by atoms with Gasteiger partial charge in [-0.25, -0.2) is 13.1 Å². The van der Waals surface area contributed by atoms with E-state index >= 15 is 0 Å². The van der Waals surface area contributed by atoms with Crippen LogP contribution in [0.15, 0.2) is 71.6 Å². The molecule has 3 rings (SSSR count). The summed E-state index contributed by atoms with van der Waals surface area (Å²) in [5, 5.41) is 4.60. The van der Waals surface area contributed by atoms with Gasteiger partial charge in [-0.15, -0.1) is 0 Å². The molecule has 1 amide bonds. The maximum Gasteiger partial charge on any atom is 0.240 e. The van der Waals surface area contributed by atoms with Gasteiger partial charge in [0.25, 0.3) is 0 Å². The van der Waals surface area contributed by atoms with E-state index in [1.807, 2.05) is 48.5 Å². The summed E-state index contributed by atoms with van der Waals surface area (Å²) >= 11 is 0. The molecular weight excluding hydrogens is 360 g/mol. The number of fused-ring (bicyclic) bond motifs is 1. The lowest BCUT2D eigenvalue weighted by atomic mass is 10.1. The first-order valence-electron chi connectivity index (χ1n) is 8.85. The van der Waals surface area contributed by atoms with Gasteiger partial charge in [0.05, 0.1) is 4.90 Å². The highest BCUT2D eigenvalue weighted by Crippen LogP contribution is 2.18. The first-order chi connectivity index (χ1) is 13.0. The van der Waals surface area contributed by atoms with Crippen molar-refractivity contribution in [3.05, 3.63) is 72.3 Å². The Balaban J connectivity index is 1.56. The molecule has 0 saturated heterocycles. The number of amides is 1. The Bertz CT molecular complexity index is 1040. The van der Waals surface area contributed by atoms with Crippen molar-refractivity contribution in [2.45, 2.75) is 24.7 Å². The van der Waals surface area contributed by atoms with Crippen molar-refractivity contribution in [3.63, 3.8) is 0 Å². The summed E-state index contributed by atoms with van der Waals surface area (Å²) in [7, 11) is -3.66. The Kier molecular flexibility index (Phi) is 5.88. The Labute approximate surface area is 159 Å². The van der Waals surface area contributed by atoms with E-state index in [2.05, 4.69) is 17.0 Å². The van der Waals surface area contributed by atoms with E-state index in [1.54, 1.807) is 18.2 Å². The Morgan fingerprint density at radius 1 is 0.926 bits per heavy atom. The summed E-state index contributed by atoms with van der Waals surface area (Å²) in [6.45, 7) is 2.10. The first-order valence-corrected chi connectivity index (χ1v) is 10.3. The summed E-state index contributed by atoms with van der Waals surface area (Å²) in [6, 6.07) is 20.1. The third-order valence-electron chi connectivity index (χ3n) is 4.32. The van der Waals surface area contributed by atoms with E-state index in [4.69, 9.17) is 0 Å². The molecule has 0 atom stereocenters. The molecule has 0 aliphatic rings. The van der Waals surface area contributed by atoms with Crippen molar-refractivity contribution in [2.75, 3.05) is 11.9 Å². The molecule has 6 heteroatoms. The SMILES string of the molecule is CCc1ccc(NC(=O)CCNS(=O)(=O)c2ccc3ccccc3c2)cc1. The van der Waals surface area contributed by atoms with Crippen molar-refractivity contribution >= 4 is 32.4 Å². The number of benzene rings is 3. The molecule has 2 N–H and O–H groups in total. The molecule has 0 heterocycles. The van der Waals surface area contributed by atoms with Gasteiger partial charge in [0, 0.05) is 18.7 Å². The standard InChI is InChI=1S/C21H22N2O3S/c1-2-16-7-10-19(11-8-16)23-21(24)13-14-22-27(25,26)20-12-9-17-5-3-4-6-18(17)15-20/h3-12,15,22H,2,13-14H2,1H3,(H,23,24). The van der Waals surface area contributed by atoms with Crippen LogP contribution in [0.4, 0.5) is 5.69 Å². The molecule has 0 aliphatic carbocycles. The molecule has 27 heavy (non-hydrogen) atoms. The van der Waals surface area contributed by atoms with Crippen LogP contribution in [0.2, 0.25) is 0 Å². The zero-order chi connectivity index (χ0) is 19.3. The van der Waals surface area contributed by atoms with Crippen LogP contribution < -0.4 is 10.0 Å². The van der Waals surface area contributed by atoms with Crippen molar-refractivity contribution in [1.82, 2.24) is 4.72 Å². The van der Waals surface area contributed by atoms with E-state index in [0.717, 1.165) is 17.2 Å². The third kappa shape index (κ3) is 4.93. The predicted octanol–water partition coefficient (Wildman–Crippen LogP) is 3.71. The number of anilines is 1. The van der Waals surface area contributed by atoms with Gasteiger partial charge in [0.1, 0.15) is 0 Å². The van der Waals surface area contributed by atoms with Crippen LogP contribution in [0.3, 0.4) is 0 Å². The zero-order valence-electron chi connectivity index (χ0n) is 15.1. The van der Waals surface area contributed by atoms with Gasteiger partial charge < -0.3 is 5.32 Å². The highest BCUT2D eigenvalue weighted by molar-refractivity contribution is 7.89. The first kappa shape index (κ1) is 19.1. The highest BCUT2D eigenvalue weighted by atomic mass is 32.2. The number of nitrogens with one attached hydrogen (secondary N) is 2. The molecule has 0 aromatic heterocycles. The fourth-order valence-electron chi connectivity index (χ4n) is 2.76. The van der Waals surface area contributed by atoms with Crippen LogP contribution in [0, 0.1) is 0 Å². The van der Waals surface area contributed by atoms with Crippen molar-refractivity contribution in [3.8, 4) is 0 Å². The van der Waals surface area contributed by atoms with E-state index in [1.165, 1.54) is 5.56 Å². The third-order valence-corrected chi connectivity index (χ3v) is 5.78. The summed E-state index contributed by atoms with van der Waals surface area (Å²) in [5.74, 6) is -0.236. The monoisotopic (exact) mass is 382 g/mol. The van der Waals surface area contributed by atoms with Gasteiger partial charge in [-0.05, 0) is 47.0 Å². The average Bonchev–Trinajstić information content (AvgIpc) is 2.68. The smallest absolute Gasteiger partial charge is 0.240 e. The summed E-state index contributed by atoms with van der Waals surface area (Å²) in [4.78, 5) is 12.2. The number of carbonyl (C=O) groups excluding carboxylic acids is 1. The summed E-state index contributed by atoms with van der Waals surface area (Å²) in [5.41, 5.74) is 1.89. The van der Waals surface area contributed by atoms with Crippen molar-refractivity contribution < 1.29 is 13.2 Å². The van der Waals surface area contributed by atoms with E-state index < -0.39 is 10.0 Å². The molecule has 0 bridgehead atoms. The van der Waals surface area contributed by atoms with Crippen LogP contribution in [0.1, 0.15) is 18.9 Å². The quantitative estimate of drug-likeness (QED) is 0.654. The second-order valence-electron chi connectivity index (χ2n) is 6.26. The van der Waals surface area contributed by atoms with E-state index in [-0.39, 0.29) is 23.8 Å². The van der Waals surface area contributed by atoms with Gasteiger partial charge >= 0.3 is 0 Å². The fraction of sp³-hybridized carbons (Fsp3) is 0.190. The lowest BCUT2D eigenvalue weighted by molar-refractivity contribution is -0.116. The minimum absolute atomic E-state index is 0.0358. The van der Waals surface area contributed by atoms with Crippen molar-refractivity contribution in [2.24, 2.45) is 0 Å². The zero-order valence-corrected chi connectivity index (χ0v) is 15.9. The number of carbonyl (C=O) groups is 1. The second kappa shape index (κ2) is 8.33. The lowest BCUT2D eigenvalue weighted by Gasteiger charge is -2.09. The topological polar surface area (TPSA) is 75.3 Å². The lowest BCUT2D eigenvalue weighted by Crippen LogP contribution is -2.27. The van der Waals surface area contributed by atoms with Crippen LogP contribution in [0.5, 0.6) is 0 Å². The summed E-state index contributed by atoms with van der Waals surface area (Å²) < 4.78 is 27.4. The number of hydrogen-bond acceptors (Lipinski definition) is 3. The number of rotatable bonds is 7. The van der Waals surface area contributed by atoms with Crippen LogP contribution in [-0.4, -0.2) is 20.9 Å². The second-order valence-corrected chi connectivity index (χ2v) is 8.02. The molecular formula is C21H22N2O3S. The van der Waals surface area contributed by atoms with E-state index in [0.29, 0.717) is 5.69 Å². The largest absolute Gasteiger partial charge is 0.326 e. The molecule has 0 aliphatic heterocycles. The average molecular weight is 382 g/mol. The van der Waals surface area contributed by atoms with Crippen LogP contribution >= 0.6 is 0 Å². The molecule has 3 aromatic carbocycles. The van der Waals surface area contributed by atoms with Gasteiger partial charge in [-0.1, -0.05) is 49.4 Å². The van der Waals surface area contributed by atoms with Gasteiger partial charge in [0.15, 0.2) is 0 Å². The van der Waals surface area contributed by atoms with E-state index in [9.17, 15) is 13.2 Å². The van der Waals surface area contributed by atoms with Gasteiger partial charge in [-0.3, -0.25) is 4.79 Å². The van der Waals surface area contributed by atoms with Crippen LogP contribution in [0.25, 0.3) is 10.8 Å². The normalized spacial score (nSPS) is 11.4. The molecule has 5 nitrogen and oxygen atoms in total. The molecule has 0 radical (unpaired) electrons. The molecule has 0 spiro atoms. The van der Waals surface area contributed by atoms with Crippen molar-refractivity contribution in [1.29, 1.82) is 0 Å². The molecule has 0 fully saturated rings.